The maximum Gasteiger partial charge on any atom is 0.345 e. The average molecular weight is 353 g/mol. The van der Waals surface area contributed by atoms with E-state index in [1.165, 1.54) is 41.7 Å². The SMILES string of the molecule is Cc1ccc2oc(=O)c3cc(C(=O)Nc4ccc(F)cc4)sc3c2c1. The summed E-state index contributed by atoms with van der Waals surface area (Å²) in [7, 11) is 0. The molecule has 4 aromatic rings. The van der Waals surface area contributed by atoms with Crippen molar-refractivity contribution in [2.45, 2.75) is 6.92 Å². The second kappa shape index (κ2) is 5.82. The lowest BCUT2D eigenvalue weighted by Crippen LogP contribution is -2.10. The van der Waals surface area contributed by atoms with Gasteiger partial charge in [-0.3, -0.25) is 4.79 Å². The lowest BCUT2D eigenvalue weighted by molar-refractivity contribution is 0.103. The van der Waals surface area contributed by atoms with Crippen LogP contribution in [-0.4, -0.2) is 5.91 Å². The summed E-state index contributed by atoms with van der Waals surface area (Å²) in [6.07, 6.45) is 0. The van der Waals surface area contributed by atoms with Gasteiger partial charge in [0.25, 0.3) is 5.91 Å². The van der Waals surface area contributed by atoms with Crippen molar-refractivity contribution >= 4 is 44.0 Å². The van der Waals surface area contributed by atoms with Crippen molar-refractivity contribution < 1.29 is 13.6 Å². The number of amides is 1. The molecule has 6 heteroatoms. The van der Waals surface area contributed by atoms with Crippen LogP contribution in [0.4, 0.5) is 10.1 Å². The van der Waals surface area contributed by atoms with Crippen molar-refractivity contribution in [1.82, 2.24) is 0 Å². The van der Waals surface area contributed by atoms with E-state index < -0.39 is 5.63 Å². The Hall–Kier alpha value is -2.99. The molecule has 4 nitrogen and oxygen atoms in total. The molecule has 4 rings (SSSR count). The number of nitrogens with one attached hydrogen (secondary N) is 1. The molecule has 0 aliphatic rings. The summed E-state index contributed by atoms with van der Waals surface area (Å²) in [5.74, 6) is -0.729. The largest absolute Gasteiger partial charge is 0.422 e. The molecule has 2 aromatic carbocycles. The molecule has 0 atom stereocenters. The molecule has 0 radical (unpaired) electrons. The summed E-state index contributed by atoms with van der Waals surface area (Å²) in [4.78, 5) is 25.0. The monoisotopic (exact) mass is 353 g/mol. The third kappa shape index (κ3) is 2.81. The molecule has 0 fully saturated rings. The minimum Gasteiger partial charge on any atom is -0.422 e. The zero-order chi connectivity index (χ0) is 17.6. The number of rotatable bonds is 2. The number of hydrogen-bond donors (Lipinski definition) is 1. The number of anilines is 1. The van der Waals surface area contributed by atoms with Gasteiger partial charge in [0.05, 0.1) is 15.0 Å². The number of benzene rings is 2. The fraction of sp³-hybridized carbons (Fsp3) is 0.0526. The normalized spacial score (nSPS) is 11.1. The first-order valence-corrected chi connectivity index (χ1v) is 8.37. The number of carbonyl (C=O) groups excluding carboxylic acids is 1. The standard InChI is InChI=1S/C19H12FNO3S/c1-10-2-7-15-13(8-10)17-14(19(23)24-15)9-16(25-17)18(22)21-12-5-3-11(20)4-6-12/h2-9H,1H3,(H,21,22). The first-order valence-electron chi connectivity index (χ1n) is 7.55. The van der Waals surface area contributed by atoms with Gasteiger partial charge in [-0.1, -0.05) is 11.6 Å². The van der Waals surface area contributed by atoms with Gasteiger partial charge in [0.1, 0.15) is 11.4 Å². The van der Waals surface area contributed by atoms with Crippen LogP contribution >= 0.6 is 11.3 Å². The van der Waals surface area contributed by atoms with E-state index >= 15 is 0 Å². The Bertz CT molecular complexity index is 1180. The van der Waals surface area contributed by atoms with Gasteiger partial charge < -0.3 is 9.73 Å². The van der Waals surface area contributed by atoms with Gasteiger partial charge in [0, 0.05) is 11.1 Å². The van der Waals surface area contributed by atoms with Crippen LogP contribution in [0.2, 0.25) is 0 Å². The number of thiophene rings is 1. The van der Waals surface area contributed by atoms with E-state index in [2.05, 4.69) is 5.32 Å². The van der Waals surface area contributed by atoms with Gasteiger partial charge in [-0.05, 0) is 49.4 Å². The zero-order valence-corrected chi connectivity index (χ0v) is 13.9. The van der Waals surface area contributed by atoms with Gasteiger partial charge in [0.15, 0.2) is 0 Å². The molecule has 2 aromatic heterocycles. The lowest BCUT2D eigenvalue weighted by Gasteiger charge is -2.02. The van der Waals surface area contributed by atoms with Crippen LogP contribution in [0.3, 0.4) is 0 Å². The van der Waals surface area contributed by atoms with Gasteiger partial charge in [-0.25, -0.2) is 9.18 Å². The van der Waals surface area contributed by atoms with Crippen molar-refractivity contribution in [1.29, 1.82) is 0 Å². The second-order valence-electron chi connectivity index (χ2n) is 5.70. The minimum atomic E-state index is -0.469. The first-order chi connectivity index (χ1) is 12.0. The van der Waals surface area contributed by atoms with Crippen LogP contribution < -0.4 is 10.9 Å². The van der Waals surface area contributed by atoms with Crippen molar-refractivity contribution in [3.8, 4) is 0 Å². The van der Waals surface area contributed by atoms with Crippen molar-refractivity contribution in [3.05, 3.63) is 75.2 Å². The summed E-state index contributed by atoms with van der Waals surface area (Å²) in [6, 6.07) is 12.6. The lowest BCUT2D eigenvalue weighted by atomic mass is 10.1. The maximum absolute atomic E-state index is 13.0. The van der Waals surface area contributed by atoms with E-state index in [1.54, 1.807) is 6.07 Å². The fourth-order valence-corrected chi connectivity index (χ4v) is 3.71. The van der Waals surface area contributed by atoms with Crippen LogP contribution in [0, 0.1) is 12.7 Å². The summed E-state index contributed by atoms with van der Waals surface area (Å²) in [6.45, 7) is 1.95. The minimum absolute atomic E-state index is 0.354. The van der Waals surface area contributed by atoms with Crippen LogP contribution in [0.15, 0.2) is 57.7 Å². The highest BCUT2D eigenvalue weighted by Gasteiger charge is 2.16. The second-order valence-corrected chi connectivity index (χ2v) is 6.76. The molecule has 0 saturated heterocycles. The Morgan fingerprint density at radius 3 is 2.60 bits per heavy atom. The molecule has 0 bridgehead atoms. The Morgan fingerprint density at radius 1 is 1.08 bits per heavy atom. The molecule has 0 spiro atoms. The topological polar surface area (TPSA) is 59.3 Å². The Labute approximate surface area is 145 Å². The van der Waals surface area contributed by atoms with E-state index in [9.17, 15) is 14.0 Å². The molecule has 0 unspecified atom stereocenters. The predicted molar refractivity (Wildman–Crippen MR) is 97.0 cm³/mol. The van der Waals surface area contributed by atoms with Crippen molar-refractivity contribution in [2.24, 2.45) is 0 Å². The van der Waals surface area contributed by atoms with E-state index in [-0.39, 0.29) is 11.7 Å². The Morgan fingerprint density at radius 2 is 1.84 bits per heavy atom. The van der Waals surface area contributed by atoms with Gasteiger partial charge in [-0.15, -0.1) is 11.3 Å². The molecule has 0 aliphatic carbocycles. The smallest absolute Gasteiger partial charge is 0.345 e. The molecule has 1 N–H and O–H groups in total. The quantitative estimate of drug-likeness (QED) is 0.531. The van der Waals surface area contributed by atoms with E-state index in [0.717, 1.165) is 15.6 Å². The number of fused-ring (bicyclic) bond motifs is 3. The molecular formula is C19H12FNO3S. The number of halogens is 1. The summed E-state index contributed by atoms with van der Waals surface area (Å²) < 4.78 is 19.0. The zero-order valence-electron chi connectivity index (χ0n) is 13.1. The number of carbonyl (C=O) groups is 1. The van der Waals surface area contributed by atoms with Crippen LogP contribution in [0.5, 0.6) is 0 Å². The van der Waals surface area contributed by atoms with Gasteiger partial charge in [-0.2, -0.15) is 0 Å². The third-order valence-electron chi connectivity index (χ3n) is 3.86. The van der Waals surface area contributed by atoms with Gasteiger partial charge in [0.2, 0.25) is 0 Å². The highest BCUT2D eigenvalue weighted by Crippen LogP contribution is 2.31. The predicted octanol–water partition coefficient (Wildman–Crippen LogP) is 4.71. The van der Waals surface area contributed by atoms with Crippen LogP contribution in [-0.2, 0) is 0 Å². The third-order valence-corrected chi connectivity index (χ3v) is 5.03. The van der Waals surface area contributed by atoms with Gasteiger partial charge >= 0.3 is 5.63 Å². The number of hydrogen-bond acceptors (Lipinski definition) is 4. The molecule has 0 aliphatic heterocycles. The maximum atomic E-state index is 13.0. The highest BCUT2D eigenvalue weighted by molar-refractivity contribution is 7.21. The average Bonchev–Trinajstić information content (AvgIpc) is 3.04. The van der Waals surface area contributed by atoms with Crippen LogP contribution in [0.1, 0.15) is 15.2 Å². The summed E-state index contributed by atoms with van der Waals surface area (Å²) >= 11 is 1.23. The first kappa shape index (κ1) is 15.5. The summed E-state index contributed by atoms with van der Waals surface area (Å²) in [5.41, 5.74) is 1.55. The molecule has 25 heavy (non-hydrogen) atoms. The van der Waals surface area contributed by atoms with Crippen molar-refractivity contribution in [3.63, 3.8) is 0 Å². The fourth-order valence-electron chi connectivity index (χ4n) is 2.65. The van der Waals surface area contributed by atoms with E-state index in [4.69, 9.17) is 4.42 Å². The van der Waals surface area contributed by atoms with E-state index in [1.807, 2.05) is 19.1 Å². The molecule has 0 saturated carbocycles. The molecular weight excluding hydrogens is 341 g/mol. The highest BCUT2D eigenvalue weighted by atomic mass is 32.1. The molecule has 2 heterocycles. The Balaban J connectivity index is 1.80. The molecule has 1 amide bonds. The molecule has 124 valence electrons. The number of aryl methyl sites for hydroxylation is 1. The summed E-state index contributed by atoms with van der Waals surface area (Å²) in [5, 5.41) is 3.89. The Kier molecular flexibility index (Phi) is 3.62. The van der Waals surface area contributed by atoms with E-state index in [0.29, 0.717) is 21.5 Å². The van der Waals surface area contributed by atoms with Crippen molar-refractivity contribution in [2.75, 3.05) is 5.32 Å². The van der Waals surface area contributed by atoms with Crippen LogP contribution in [0.25, 0.3) is 21.1 Å².